The van der Waals surface area contributed by atoms with Gasteiger partial charge in [-0.15, -0.1) is 0 Å². The Morgan fingerprint density at radius 3 is 2.92 bits per heavy atom. The Morgan fingerprint density at radius 1 is 1.69 bits per heavy atom. The molecule has 0 aliphatic rings. The molecule has 0 aliphatic heterocycles. The first kappa shape index (κ1) is 9.86. The molecule has 0 spiro atoms. The molecule has 0 aromatic carbocycles. The fourth-order valence-corrected chi connectivity index (χ4v) is 1.11. The molecule has 3 nitrogen and oxygen atoms in total. The third-order valence-electron chi connectivity index (χ3n) is 1.41. The van der Waals surface area contributed by atoms with E-state index in [-0.39, 0.29) is 0 Å². The molecule has 70 valence electrons. The molecule has 0 saturated heterocycles. The van der Waals surface area contributed by atoms with Gasteiger partial charge in [-0.3, -0.25) is 0 Å². The van der Waals surface area contributed by atoms with Crippen LogP contribution in [-0.4, -0.2) is 12.1 Å². The van der Waals surface area contributed by atoms with Crippen molar-refractivity contribution in [3.05, 3.63) is 29.6 Å². The summed E-state index contributed by atoms with van der Waals surface area (Å²) in [6.07, 6.45) is 1.62. The van der Waals surface area contributed by atoms with Crippen LogP contribution in [0.3, 0.4) is 0 Å². The Balaban J connectivity index is 3.01. The summed E-state index contributed by atoms with van der Waals surface area (Å²) in [6, 6.07) is 1.70. The topological polar surface area (TPSA) is 34.2 Å². The first-order chi connectivity index (χ1) is 6.15. The maximum absolute atomic E-state index is 5.96. The van der Waals surface area contributed by atoms with Gasteiger partial charge in [-0.1, -0.05) is 18.2 Å². The third kappa shape index (κ3) is 2.36. The van der Waals surface area contributed by atoms with Crippen LogP contribution in [0.1, 0.15) is 6.92 Å². The molecule has 4 heteroatoms. The van der Waals surface area contributed by atoms with Crippen LogP contribution in [0, 0.1) is 0 Å². The highest BCUT2D eigenvalue weighted by molar-refractivity contribution is 6.34. The second-order valence-electron chi connectivity index (χ2n) is 2.58. The highest BCUT2D eigenvalue weighted by atomic mass is 35.5. The lowest BCUT2D eigenvalue weighted by Crippen LogP contribution is -1.98. The van der Waals surface area contributed by atoms with Gasteiger partial charge in [0.15, 0.2) is 5.82 Å². The quantitative estimate of drug-likeness (QED) is 0.811. The normalized spacial score (nSPS) is 9.46. The van der Waals surface area contributed by atoms with Gasteiger partial charge in [0.05, 0.1) is 7.11 Å². The lowest BCUT2D eigenvalue weighted by molar-refractivity contribution is 0.415. The van der Waals surface area contributed by atoms with Crippen molar-refractivity contribution >= 4 is 17.4 Å². The highest BCUT2D eigenvalue weighted by Crippen LogP contribution is 2.29. The molecule has 0 unspecified atom stereocenters. The smallest absolute Gasteiger partial charge is 0.152 e. The minimum absolute atomic E-state index is 0.466. The number of methoxy groups -OCH3 is 1. The van der Waals surface area contributed by atoms with Crippen LogP contribution >= 0.6 is 11.6 Å². The second kappa shape index (κ2) is 4.14. The molecule has 0 fully saturated rings. The van der Waals surface area contributed by atoms with E-state index in [0.29, 0.717) is 16.6 Å². The maximum Gasteiger partial charge on any atom is 0.152 e. The fourth-order valence-electron chi connectivity index (χ4n) is 0.873. The molecule has 13 heavy (non-hydrogen) atoms. The number of anilines is 1. The summed E-state index contributed by atoms with van der Waals surface area (Å²) < 4.78 is 5.03. The molecule has 0 amide bonds. The SMILES string of the molecule is C=C(C)Nc1nccc(OC)c1Cl. The summed E-state index contributed by atoms with van der Waals surface area (Å²) in [5, 5.41) is 3.40. The van der Waals surface area contributed by atoms with E-state index >= 15 is 0 Å². The minimum Gasteiger partial charge on any atom is -0.495 e. The van der Waals surface area contributed by atoms with Crippen molar-refractivity contribution in [1.82, 2.24) is 4.98 Å². The summed E-state index contributed by atoms with van der Waals surface area (Å²) in [6.45, 7) is 5.53. The molecule has 0 bridgehead atoms. The summed E-state index contributed by atoms with van der Waals surface area (Å²) in [4.78, 5) is 4.04. The van der Waals surface area contributed by atoms with Crippen molar-refractivity contribution in [2.24, 2.45) is 0 Å². The monoisotopic (exact) mass is 198 g/mol. The van der Waals surface area contributed by atoms with E-state index < -0.39 is 0 Å². The number of rotatable bonds is 3. The Bertz CT molecular complexity index is 325. The maximum atomic E-state index is 5.96. The molecule has 1 rings (SSSR count). The van der Waals surface area contributed by atoms with Crippen LogP contribution in [-0.2, 0) is 0 Å². The molecule has 1 aromatic heterocycles. The third-order valence-corrected chi connectivity index (χ3v) is 1.77. The predicted octanol–water partition coefficient (Wildman–Crippen LogP) is 2.69. The Morgan fingerprint density at radius 2 is 2.38 bits per heavy atom. The van der Waals surface area contributed by atoms with E-state index in [2.05, 4.69) is 16.9 Å². The predicted molar refractivity (Wildman–Crippen MR) is 54.2 cm³/mol. The largest absolute Gasteiger partial charge is 0.495 e. The van der Waals surface area contributed by atoms with Crippen molar-refractivity contribution in [3.63, 3.8) is 0 Å². The van der Waals surface area contributed by atoms with E-state index in [4.69, 9.17) is 16.3 Å². The van der Waals surface area contributed by atoms with Gasteiger partial charge in [0.2, 0.25) is 0 Å². The first-order valence-corrected chi connectivity index (χ1v) is 4.14. The lowest BCUT2D eigenvalue weighted by atomic mass is 10.4. The van der Waals surface area contributed by atoms with Crippen molar-refractivity contribution in [2.75, 3.05) is 12.4 Å². The van der Waals surface area contributed by atoms with Crippen molar-refractivity contribution < 1.29 is 4.74 Å². The zero-order chi connectivity index (χ0) is 9.84. The Kier molecular flexibility index (Phi) is 3.14. The van der Waals surface area contributed by atoms with E-state index in [9.17, 15) is 0 Å². The van der Waals surface area contributed by atoms with E-state index in [1.165, 1.54) is 0 Å². The molecule has 0 radical (unpaired) electrons. The van der Waals surface area contributed by atoms with Crippen LogP contribution in [0.15, 0.2) is 24.5 Å². The number of pyridine rings is 1. The summed E-state index contributed by atoms with van der Waals surface area (Å²) >= 11 is 5.96. The number of halogens is 1. The van der Waals surface area contributed by atoms with E-state index in [1.807, 2.05) is 6.92 Å². The molecular formula is C9H11ClN2O. The molecule has 1 aromatic rings. The van der Waals surface area contributed by atoms with Crippen LogP contribution in [0.4, 0.5) is 5.82 Å². The van der Waals surface area contributed by atoms with Crippen molar-refractivity contribution in [3.8, 4) is 5.75 Å². The van der Waals surface area contributed by atoms with Gasteiger partial charge in [-0.05, 0) is 6.92 Å². The molecule has 0 saturated carbocycles. The van der Waals surface area contributed by atoms with Gasteiger partial charge in [0.25, 0.3) is 0 Å². The van der Waals surface area contributed by atoms with Crippen LogP contribution in [0.5, 0.6) is 5.75 Å². The summed E-state index contributed by atoms with van der Waals surface area (Å²) in [7, 11) is 1.56. The zero-order valence-corrected chi connectivity index (χ0v) is 8.35. The van der Waals surface area contributed by atoms with E-state index in [0.717, 1.165) is 5.70 Å². The number of allylic oxidation sites excluding steroid dienone is 1. The summed E-state index contributed by atoms with van der Waals surface area (Å²) in [5.41, 5.74) is 0.780. The van der Waals surface area contributed by atoms with Crippen LogP contribution in [0.2, 0.25) is 5.02 Å². The number of ether oxygens (including phenoxy) is 1. The van der Waals surface area contributed by atoms with Crippen molar-refractivity contribution in [2.45, 2.75) is 6.92 Å². The summed E-state index contributed by atoms with van der Waals surface area (Å²) in [5.74, 6) is 1.16. The van der Waals surface area contributed by atoms with Crippen LogP contribution < -0.4 is 10.1 Å². The van der Waals surface area contributed by atoms with Gasteiger partial charge >= 0.3 is 0 Å². The van der Waals surface area contributed by atoms with Crippen LogP contribution in [0.25, 0.3) is 0 Å². The minimum atomic E-state index is 0.466. The Labute approximate surface area is 82.4 Å². The van der Waals surface area contributed by atoms with E-state index in [1.54, 1.807) is 19.4 Å². The van der Waals surface area contributed by atoms with Crippen molar-refractivity contribution in [1.29, 1.82) is 0 Å². The molecular weight excluding hydrogens is 188 g/mol. The number of hydrogen-bond donors (Lipinski definition) is 1. The van der Waals surface area contributed by atoms with Gasteiger partial charge in [0.1, 0.15) is 10.8 Å². The zero-order valence-electron chi connectivity index (χ0n) is 7.60. The molecule has 1 heterocycles. The van der Waals surface area contributed by atoms with Gasteiger partial charge < -0.3 is 10.1 Å². The Hall–Kier alpha value is -1.22. The molecule has 0 aliphatic carbocycles. The first-order valence-electron chi connectivity index (χ1n) is 3.76. The molecule has 0 atom stereocenters. The van der Waals surface area contributed by atoms with Gasteiger partial charge in [-0.2, -0.15) is 0 Å². The molecule has 1 N–H and O–H groups in total. The number of nitrogens with one attached hydrogen (secondary N) is 1. The highest BCUT2D eigenvalue weighted by Gasteiger charge is 2.06. The fraction of sp³-hybridized carbons (Fsp3) is 0.222. The number of nitrogens with zero attached hydrogens (tertiary/aromatic N) is 1. The standard InChI is InChI=1S/C9H11ClN2O/c1-6(2)12-9-8(10)7(13-3)4-5-11-9/h4-5H,1H2,2-3H3,(H,11,12). The number of hydrogen-bond acceptors (Lipinski definition) is 3. The second-order valence-corrected chi connectivity index (χ2v) is 2.96. The average molecular weight is 199 g/mol. The lowest BCUT2D eigenvalue weighted by Gasteiger charge is -2.08. The average Bonchev–Trinajstić information content (AvgIpc) is 2.08. The number of aromatic nitrogens is 1. The van der Waals surface area contributed by atoms with Gasteiger partial charge in [-0.25, -0.2) is 4.98 Å². The van der Waals surface area contributed by atoms with Gasteiger partial charge in [0, 0.05) is 18.0 Å².